The van der Waals surface area contributed by atoms with Gasteiger partial charge in [0.25, 0.3) is 0 Å². The van der Waals surface area contributed by atoms with Gasteiger partial charge in [-0.2, -0.15) is 5.26 Å². The highest BCUT2D eigenvalue weighted by atomic mass is 16.5. The van der Waals surface area contributed by atoms with Gasteiger partial charge in [0.05, 0.1) is 31.8 Å². The summed E-state index contributed by atoms with van der Waals surface area (Å²) in [6.45, 7) is 4.11. The number of allylic oxidation sites excluding steroid dienone is 3. The maximum absolute atomic E-state index is 13.0. The van der Waals surface area contributed by atoms with Crippen molar-refractivity contribution in [2.75, 3.05) is 14.2 Å². The predicted molar refractivity (Wildman–Crippen MR) is 97.3 cm³/mol. The normalized spacial score (nSPS) is 21.7. The maximum Gasteiger partial charge on any atom is 0.162 e. The van der Waals surface area contributed by atoms with E-state index in [1.165, 1.54) is 0 Å². The zero-order valence-corrected chi connectivity index (χ0v) is 15.5. The summed E-state index contributed by atoms with van der Waals surface area (Å²) in [4.78, 5) is 13.0. The van der Waals surface area contributed by atoms with E-state index >= 15 is 0 Å². The summed E-state index contributed by atoms with van der Waals surface area (Å²) < 4.78 is 10.8. The van der Waals surface area contributed by atoms with Crippen molar-refractivity contribution in [2.24, 2.45) is 11.1 Å². The van der Waals surface area contributed by atoms with Gasteiger partial charge in [-0.15, -0.1) is 0 Å². The van der Waals surface area contributed by atoms with Crippen LogP contribution < -0.4 is 20.5 Å². The van der Waals surface area contributed by atoms with E-state index in [2.05, 4.69) is 25.2 Å². The maximum atomic E-state index is 13.0. The molecule has 0 saturated carbocycles. The number of carbonyl (C=O) groups is 1. The van der Waals surface area contributed by atoms with Gasteiger partial charge in [0, 0.05) is 29.3 Å². The molecule has 1 atom stereocenters. The third kappa shape index (κ3) is 2.90. The smallest absolute Gasteiger partial charge is 0.162 e. The van der Waals surface area contributed by atoms with Crippen molar-refractivity contribution < 1.29 is 14.3 Å². The lowest BCUT2D eigenvalue weighted by atomic mass is 9.69. The van der Waals surface area contributed by atoms with E-state index in [-0.39, 0.29) is 11.2 Å². The minimum atomic E-state index is -0.541. The van der Waals surface area contributed by atoms with E-state index in [9.17, 15) is 10.1 Å². The lowest BCUT2D eigenvalue weighted by molar-refractivity contribution is -0.118. The summed E-state index contributed by atoms with van der Waals surface area (Å²) in [6.07, 6.45) is 1.13. The molecule has 1 heterocycles. The van der Waals surface area contributed by atoms with E-state index in [4.69, 9.17) is 15.2 Å². The number of dihydropyridines is 1. The van der Waals surface area contributed by atoms with Crippen molar-refractivity contribution >= 4 is 5.78 Å². The number of nitrogens with one attached hydrogen (secondary N) is 1. The Morgan fingerprint density at radius 2 is 2.00 bits per heavy atom. The van der Waals surface area contributed by atoms with Gasteiger partial charge in [0.15, 0.2) is 5.78 Å². The van der Waals surface area contributed by atoms with Crippen LogP contribution in [0.4, 0.5) is 0 Å². The molecule has 0 amide bonds. The van der Waals surface area contributed by atoms with E-state index in [1.54, 1.807) is 26.4 Å². The van der Waals surface area contributed by atoms with Crippen LogP contribution in [0.2, 0.25) is 0 Å². The van der Waals surface area contributed by atoms with Crippen molar-refractivity contribution in [3.05, 3.63) is 46.4 Å². The van der Waals surface area contributed by atoms with E-state index in [0.717, 1.165) is 11.3 Å². The van der Waals surface area contributed by atoms with Gasteiger partial charge < -0.3 is 20.5 Å². The largest absolute Gasteiger partial charge is 0.497 e. The van der Waals surface area contributed by atoms with Crippen LogP contribution in [-0.4, -0.2) is 20.0 Å². The van der Waals surface area contributed by atoms with Gasteiger partial charge in [-0.05, 0) is 17.9 Å². The van der Waals surface area contributed by atoms with Crippen molar-refractivity contribution in [1.29, 1.82) is 5.26 Å². The number of nitrogens with two attached hydrogens (primary N) is 1. The number of ketones is 1. The van der Waals surface area contributed by atoms with Crippen LogP contribution in [-0.2, 0) is 4.79 Å². The molecule has 2 aliphatic rings. The first-order chi connectivity index (χ1) is 12.3. The number of rotatable bonds is 3. The highest BCUT2D eigenvalue weighted by Gasteiger charge is 2.42. The standard InChI is InChI=1S/C20H23N3O3/c1-20(2)8-14-18(15(24)9-20)17(13(10-21)19(22)23-14)12-6-5-11(25-3)7-16(12)26-4/h5-7,17,23H,8-9,22H2,1-4H3. The zero-order chi connectivity index (χ0) is 19.1. The highest BCUT2D eigenvalue weighted by molar-refractivity contribution is 6.00. The Morgan fingerprint density at radius 3 is 2.62 bits per heavy atom. The first-order valence-corrected chi connectivity index (χ1v) is 8.46. The average molecular weight is 353 g/mol. The number of hydrogen-bond donors (Lipinski definition) is 2. The van der Waals surface area contributed by atoms with Gasteiger partial charge in [0.2, 0.25) is 0 Å². The molecule has 1 aromatic carbocycles. The Labute approximate surface area is 153 Å². The van der Waals surface area contributed by atoms with Crippen molar-refractivity contribution in [3.8, 4) is 17.6 Å². The van der Waals surface area contributed by atoms with Crippen LogP contribution in [0, 0.1) is 16.7 Å². The molecular weight excluding hydrogens is 330 g/mol. The molecule has 0 fully saturated rings. The van der Waals surface area contributed by atoms with Crippen LogP contribution in [0.25, 0.3) is 0 Å². The van der Waals surface area contributed by atoms with Crippen LogP contribution in [0.3, 0.4) is 0 Å². The number of benzene rings is 1. The van der Waals surface area contributed by atoms with Gasteiger partial charge in [-0.1, -0.05) is 19.9 Å². The second-order valence-corrected chi connectivity index (χ2v) is 7.44. The van der Waals surface area contributed by atoms with Crippen molar-refractivity contribution in [3.63, 3.8) is 0 Å². The third-order valence-corrected chi connectivity index (χ3v) is 4.95. The summed E-state index contributed by atoms with van der Waals surface area (Å²) in [5.41, 5.74) is 8.46. The zero-order valence-electron chi connectivity index (χ0n) is 15.5. The van der Waals surface area contributed by atoms with E-state index < -0.39 is 5.92 Å². The number of Topliss-reactive ketones (excluding diaryl/α,β-unsaturated/α-hetero) is 1. The van der Waals surface area contributed by atoms with Gasteiger partial charge in [-0.3, -0.25) is 4.79 Å². The highest BCUT2D eigenvalue weighted by Crippen LogP contribution is 2.48. The number of ether oxygens (including phenoxy) is 2. The van der Waals surface area contributed by atoms with E-state index in [1.807, 2.05) is 6.07 Å². The lowest BCUT2D eigenvalue weighted by Crippen LogP contribution is -2.39. The van der Waals surface area contributed by atoms with Crippen molar-refractivity contribution in [1.82, 2.24) is 5.32 Å². The minimum Gasteiger partial charge on any atom is -0.497 e. The Balaban J connectivity index is 2.22. The average Bonchev–Trinajstić information content (AvgIpc) is 2.58. The van der Waals surface area contributed by atoms with Gasteiger partial charge in [0.1, 0.15) is 17.3 Å². The molecule has 136 valence electrons. The molecule has 0 saturated heterocycles. The predicted octanol–water partition coefficient (Wildman–Crippen LogP) is 2.73. The molecular formula is C20H23N3O3. The molecule has 6 heteroatoms. The molecule has 0 aromatic heterocycles. The fraction of sp³-hybridized carbons (Fsp3) is 0.400. The fourth-order valence-corrected chi connectivity index (χ4v) is 3.80. The molecule has 1 aliphatic heterocycles. The molecule has 1 aliphatic carbocycles. The molecule has 3 rings (SSSR count). The molecule has 1 unspecified atom stereocenters. The minimum absolute atomic E-state index is 0.0341. The lowest BCUT2D eigenvalue weighted by Gasteiger charge is -2.38. The topological polar surface area (TPSA) is 97.4 Å². The first kappa shape index (κ1) is 17.9. The molecule has 26 heavy (non-hydrogen) atoms. The summed E-state index contributed by atoms with van der Waals surface area (Å²) in [5.74, 6) is 0.980. The van der Waals surface area contributed by atoms with Crippen LogP contribution in [0.5, 0.6) is 11.5 Å². The molecule has 3 N–H and O–H groups in total. The molecule has 1 aromatic rings. The molecule has 0 spiro atoms. The summed E-state index contributed by atoms with van der Waals surface area (Å²) in [5, 5.41) is 12.8. The second-order valence-electron chi connectivity index (χ2n) is 7.44. The second kappa shape index (κ2) is 6.41. The Kier molecular flexibility index (Phi) is 4.41. The van der Waals surface area contributed by atoms with Gasteiger partial charge >= 0.3 is 0 Å². The monoisotopic (exact) mass is 353 g/mol. The fourth-order valence-electron chi connectivity index (χ4n) is 3.80. The van der Waals surface area contributed by atoms with Crippen LogP contribution >= 0.6 is 0 Å². The third-order valence-electron chi connectivity index (χ3n) is 4.95. The Hall–Kier alpha value is -2.94. The number of methoxy groups -OCH3 is 2. The SMILES string of the molecule is COc1ccc(C2C(C#N)=C(N)NC3=C2C(=O)CC(C)(C)C3)c(OC)c1. The molecule has 0 bridgehead atoms. The van der Waals surface area contributed by atoms with Crippen LogP contribution in [0.15, 0.2) is 40.9 Å². The number of nitrogens with zero attached hydrogens (tertiary/aromatic N) is 1. The quantitative estimate of drug-likeness (QED) is 0.867. The Morgan fingerprint density at radius 1 is 1.27 bits per heavy atom. The molecule has 6 nitrogen and oxygen atoms in total. The number of carbonyl (C=O) groups excluding carboxylic acids is 1. The van der Waals surface area contributed by atoms with Crippen molar-refractivity contribution in [2.45, 2.75) is 32.6 Å². The van der Waals surface area contributed by atoms with E-state index in [0.29, 0.717) is 41.3 Å². The number of hydrogen-bond acceptors (Lipinski definition) is 6. The summed E-state index contributed by atoms with van der Waals surface area (Å²) >= 11 is 0. The summed E-state index contributed by atoms with van der Waals surface area (Å²) in [6, 6.07) is 7.55. The first-order valence-electron chi connectivity index (χ1n) is 8.46. The molecule has 0 radical (unpaired) electrons. The summed E-state index contributed by atoms with van der Waals surface area (Å²) in [7, 11) is 3.13. The van der Waals surface area contributed by atoms with Gasteiger partial charge in [-0.25, -0.2) is 0 Å². The Bertz CT molecular complexity index is 875. The van der Waals surface area contributed by atoms with Crippen LogP contribution in [0.1, 0.15) is 38.2 Å². The number of nitriles is 1.